The Kier molecular flexibility index (Phi) is 7.19. The Morgan fingerprint density at radius 3 is 2.46 bits per heavy atom. The molecular formula is C29H22N2O4. The average Bonchev–Trinajstić information content (AvgIpc) is 2.90. The lowest BCUT2D eigenvalue weighted by Gasteiger charge is -2.10. The fraction of sp³-hybridized carbons (Fsp3) is 0.0690. The second kappa shape index (κ2) is 10.8. The van der Waals surface area contributed by atoms with Crippen LogP contribution in [0.3, 0.4) is 0 Å². The van der Waals surface area contributed by atoms with Gasteiger partial charge in [0.2, 0.25) is 0 Å². The number of rotatable bonds is 7. The summed E-state index contributed by atoms with van der Waals surface area (Å²) in [5, 5.41) is 14.5. The number of hydrogen-bond acceptors (Lipinski definition) is 5. The number of ether oxygens (including phenoxy) is 2. The summed E-state index contributed by atoms with van der Waals surface area (Å²) in [5.74, 6) is -0.397. The number of anilines is 1. The molecular weight excluding hydrogens is 440 g/mol. The zero-order chi connectivity index (χ0) is 24.6. The number of methoxy groups -OCH3 is 1. The van der Waals surface area contributed by atoms with Crippen LogP contribution in [0, 0.1) is 11.3 Å². The van der Waals surface area contributed by atoms with Crippen molar-refractivity contribution >= 4 is 34.4 Å². The van der Waals surface area contributed by atoms with E-state index in [2.05, 4.69) is 28.3 Å². The zero-order valence-electron chi connectivity index (χ0n) is 19.0. The number of hydrogen-bond donors (Lipinski definition) is 1. The van der Waals surface area contributed by atoms with Crippen LogP contribution in [0.4, 0.5) is 5.69 Å². The summed E-state index contributed by atoms with van der Waals surface area (Å²) < 4.78 is 10.7. The summed E-state index contributed by atoms with van der Waals surface area (Å²) in [4.78, 5) is 24.2. The van der Waals surface area contributed by atoms with Crippen LogP contribution >= 0.6 is 0 Å². The molecule has 0 saturated heterocycles. The summed E-state index contributed by atoms with van der Waals surface area (Å²) in [7, 11) is 1.30. The van der Waals surface area contributed by atoms with Gasteiger partial charge in [0.05, 0.1) is 12.7 Å². The van der Waals surface area contributed by atoms with Gasteiger partial charge in [0.15, 0.2) is 0 Å². The van der Waals surface area contributed by atoms with Crippen LogP contribution in [0.5, 0.6) is 5.75 Å². The predicted molar refractivity (Wildman–Crippen MR) is 135 cm³/mol. The van der Waals surface area contributed by atoms with Gasteiger partial charge in [-0.3, -0.25) is 4.79 Å². The number of nitriles is 1. The first-order valence-corrected chi connectivity index (χ1v) is 10.9. The molecule has 172 valence electrons. The van der Waals surface area contributed by atoms with Crippen molar-refractivity contribution in [2.45, 2.75) is 6.61 Å². The van der Waals surface area contributed by atoms with Crippen molar-refractivity contribution in [3.05, 3.63) is 113 Å². The number of carbonyl (C=O) groups is 2. The van der Waals surface area contributed by atoms with Crippen molar-refractivity contribution in [2.75, 3.05) is 12.4 Å². The van der Waals surface area contributed by atoms with Crippen molar-refractivity contribution < 1.29 is 19.1 Å². The maximum Gasteiger partial charge on any atom is 0.337 e. The van der Waals surface area contributed by atoms with Crippen LogP contribution in [0.2, 0.25) is 0 Å². The minimum Gasteiger partial charge on any atom is -0.489 e. The van der Waals surface area contributed by atoms with Gasteiger partial charge in [-0.15, -0.1) is 0 Å². The lowest BCUT2D eigenvalue weighted by molar-refractivity contribution is -0.112. The Hall–Kier alpha value is -4.89. The van der Waals surface area contributed by atoms with Gasteiger partial charge < -0.3 is 14.8 Å². The Morgan fingerprint density at radius 2 is 1.69 bits per heavy atom. The molecule has 0 aliphatic rings. The van der Waals surface area contributed by atoms with Crippen LogP contribution in [0.1, 0.15) is 21.5 Å². The van der Waals surface area contributed by atoms with Crippen molar-refractivity contribution in [3.63, 3.8) is 0 Å². The normalized spacial score (nSPS) is 10.9. The molecule has 4 aromatic rings. The fourth-order valence-electron chi connectivity index (χ4n) is 3.59. The second-order valence-electron chi connectivity index (χ2n) is 7.69. The molecule has 4 aromatic carbocycles. The minimum absolute atomic E-state index is 0.0618. The Bertz CT molecular complexity index is 1440. The number of amides is 1. The van der Waals surface area contributed by atoms with E-state index in [4.69, 9.17) is 4.74 Å². The molecule has 0 aliphatic heterocycles. The summed E-state index contributed by atoms with van der Waals surface area (Å²) in [5.41, 5.74) is 2.48. The highest BCUT2D eigenvalue weighted by Crippen LogP contribution is 2.22. The number of nitrogens with one attached hydrogen (secondary N) is 1. The second-order valence-corrected chi connectivity index (χ2v) is 7.69. The van der Waals surface area contributed by atoms with Crippen LogP contribution in [0.15, 0.2) is 96.6 Å². The first-order chi connectivity index (χ1) is 17.1. The third-order valence-electron chi connectivity index (χ3n) is 5.37. The molecule has 0 fully saturated rings. The number of carbonyl (C=O) groups excluding carboxylic acids is 2. The van der Waals surface area contributed by atoms with E-state index >= 15 is 0 Å². The molecule has 0 aliphatic carbocycles. The van der Waals surface area contributed by atoms with E-state index < -0.39 is 11.9 Å². The average molecular weight is 463 g/mol. The molecule has 0 bridgehead atoms. The summed E-state index contributed by atoms with van der Waals surface area (Å²) in [6.45, 7) is 0.391. The topological polar surface area (TPSA) is 88.4 Å². The molecule has 0 saturated carbocycles. The number of esters is 1. The zero-order valence-corrected chi connectivity index (χ0v) is 19.0. The molecule has 0 aromatic heterocycles. The Labute approximate surface area is 203 Å². The third kappa shape index (κ3) is 5.73. The molecule has 0 unspecified atom stereocenters. The summed E-state index contributed by atoms with van der Waals surface area (Å²) in [6, 6.07) is 29.6. The highest BCUT2D eigenvalue weighted by molar-refractivity contribution is 6.09. The number of nitrogens with zero attached hydrogens (tertiary/aromatic N) is 1. The first-order valence-electron chi connectivity index (χ1n) is 10.9. The first kappa shape index (κ1) is 23.3. The van der Waals surface area contributed by atoms with E-state index in [1.165, 1.54) is 25.3 Å². The van der Waals surface area contributed by atoms with Gasteiger partial charge in [0.1, 0.15) is 24.0 Å². The molecule has 6 nitrogen and oxygen atoms in total. The van der Waals surface area contributed by atoms with Gasteiger partial charge in [-0.05, 0) is 64.4 Å². The molecule has 35 heavy (non-hydrogen) atoms. The van der Waals surface area contributed by atoms with Gasteiger partial charge in [-0.25, -0.2) is 4.79 Å². The Morgan fingerprint density at radius 1 is 0.943 bits per heavy atom. The lowest BCUT2D eigenvalue weighted by atomic mass is 10.1. The van der Waals surface area contributed by atoms with Gasteiger partial charge in [0, 0.05) is 5.69 Å². The molecule has 6 heteroatoms. The molecule has 0 radical (unpaired) electrons. The van der Waals surface area contributed by atoms with Gasteiger partial charge in [-0.2, -0.15) is 5.26 Å². The van der Waals surface area contributed by atoms with Gasteiger partial charge in [0.25, 0.3) is 5.91 Å². The SMILES string of the molecule is COC(=O)c1ccc(NC(=O)/C(C#N)=C\c2cccc(OCc3cccc4ccccc34)c2)cc1. The van der Waals surface area contributed by atoms with Crippen LogP contribution in [-0.2, 0) is 16.1 Å². The molecule has 1 amide bonds. The smallest absolute Gasteiger partial charge is 0.337 e. The lowest BCUT2D eigenvalue weighted by Crippen LogP contribution is -2.13. The van der Waals surface area contributed by atoms with Crippen molar-refractivity contribution in [3.8, 4) is 11.8 Å². The van der Waals surface area contributed by atoms with Crippen LogP contribution < -0.4 is 10.1 Å². The molecule has 0 atom stereocenters. The standard InChI is InChI=1S/C29H22N2O4/c1-34-29(33)22-12-14-25(15-13-22)31-28(32)24(18-30)16-20-6-4-10-26(17-20)35-19-23-9-5-8-21-7-2-3-11-27(21)23/h2-17H,19H2,1H3,(H,31,32)/b24-16-. The van der Waals surface area contributed by atoms with Crippen LogP contribution in [-0.4, -0.2) is 19.0 Å². The molecule has 4 rings (SSSR count). The largest absolute Gasteiger partial charge is 0.489 e. The van der Waals surface area contributed by atoms with Crippen molar-refractivity contribution in [1.82, 2.24) is 0 Å². The predicted octanol–water partition coefficient (Wildman–Crippen LogP) is 5.75. The maximum absolute atomic E-state index is 12.6. The van der Waals surface area contributed by atoms with Gasteiger partial charge in [-0.1, -0.05) is 54.6 Å². The highest BCUT2D eigenvalue weighted by atomic mass is 16.5. The molecule has 1 N–H and O–H groups in total. The quantitative estimate of drug-likeness (QED) is 0.215. The van der Waals surface area contributed by atoms with E-state index in [0.717, 1.165) is 16.3 Å². The monoisotopic (exact) mass is 462 g/mol. The maximum atomic E-state index is 12.6. The van der Waals surface area contributed by atoms with E-state index in [9.17, 15) is 14.9 Å². The van der Waals surface area contributed by atoms with Gasteiger partial charge >= 0.3 is 5.97 Å². The van der Waals surface area contributed by atoms with E-state index in [-0.39, 0.29) is 5.57 Å². The third-order valence-corrected chi connectivity index (χ3v) is 5.37. The fourth-order valence-corrected chi connectivity index (χ4v) is 3.59. The minimum atomic E-state index is -0.555. The highest BCUT2D eigenvalue weighted by Gasteiger charge is 2.11. The number of fused-ring (bicyclic) bond motifs is 1. The molecule has 0 spiro atoms. The Balaban J connectivity index is 1.46. The van der Waals surface area contributed by atoms with Crippen molar-refractivity contribution in [1.29, 1.82) is 5.26 Å². The molecule has 0 heterocycles. The van der Waals surface area contributed by atoms with Crippen molar-refractivity contribution in [2.24, 2.45) is 0 Å². The number of benzene rings is 4. The van der Waals surface area contributed by atoms with E-state index in [1.807, 2.05) is 42.5 Å². The summed E-state index contributed by atoms with van der Waals surface area (Å²) >= 11 is 0. The summed E-state index contributed by atoms with van der Waals surface area (Å²) in [6.07, 6.45) is 1.50. The van der Waals surface area contributed by atoms with Crippen LogP contribution in [0.25, 0.3) is 16.8 Å². The van der Waals surface area contributed by atoms with E-state index in [0.29, 0.717) is 29.2 Å². The van der Waals surface area contributed by atoms with E-state index in [1.54, 1.807) is 24.3 Å².